The van der Waals surface area contributed by atoms with Gasteiger partial charge in [0.05, 0.1) is 7.11 Å². The lowest BCUT2D eigenvalue weighted by Crippen LogP contribution is -2.15. The van der Waals surface area contributed by atoms with Crippen LogP contribution in [0.5, 0.6) is 11.5 Å². The maximum Gasteiger partial charge on any atom is 0.210 e. The number of thioether (sulfide) groups is 1. The summed E-state index contributed by atoms with van der Waals surface area (Å²) < 4.78 is 12.3. The van der Waals surface area contributed by atoms with Crippen molar-refractivity contribution in [2.45, 2.75) is 24.4 Å². The van der Waals surface area contributed by atoms with Gasteiger partial charge >= 0.3 is 0 Å². The highest BCUT2D eigenvalue weighted by molar-refractivity contribution is 7.98. The molecule has 0 spiro atoms. The third-order valence-corrected chi connectivity index (χ3v) is 4.77. The molecule has 1 heterocycles. The molecule has 0 bridgehead atoms. The van der Waals surface area contributed by atoms with Gasteiger partial charge in [-0.25, -0.2) is 4.68 Å². The van der Waals surface area contributed by atoms with Crippen LogP contribution in [-0.4, -0.2) is 22.0 Å². The number of methoxy groups -OCH3 is 1. The van der Waals surface area contributed by atoms with E-state index >= 15 is 0 Å². The molecule has 0 saturated heterocycles. The van der Waals surface area contributed by atoms with E-state index in [1.54, 1.807) is 18.9 Å². The molecule has 0 atom stereocenters. The Labute approximate surface area is 150 Å². The molecular weight excluding hydrogens is 336 g/mol. The topological polar surface area (TPSA) is 75.2 Å². The van der Waals surface area contributed by atoms with Gasteiger partial charge in [0.15, 0.2) is 5.82 Å². The first-order valence-electron chi connectivity index (χ1n) is 7.81. The predicted octanol–water partition coefficient (Wildman–Crippen LogP) is 3.18. The molecule has 0 aliphatic rings. The Morgan fingerprint density at radius 1 is 1.04 bits per heavy atom. The molecule has 6 nitrogen and oxygen atoms in total. The van der Waals surface area contributed by atoms with Gasteiger partial charge in [0, 0.05) is 5.75 Å². The molecule has 130 valence electrons. The van der Waals surface area contributed by atoms with Crippen molar-refractivity contribution in [3.63, 3.8) is 0 Å². The van der Waals surface area contributed by atoms with E-state index in [0.717, 1.165) is 17.3 Å². The van der Waals surface area contributed by atoms with Crippen molar-refractivity contribution in [3.8, 4) is 11.5 Å². The normalized spacial score (nSPS) is 10.6. The average molecular weight is 356 g/mol. The summed E-state index contributed by atoms with van der Waals surface area (Å²) in [4.78, 5) is 0. The van der Waals surface area contributed by atoms with Gasteiger partial charge in [0.2, 0.25) is 5.16 Å². The zero-order valence-electron chi connectivity index (χ0n) is 14.2. The van der Waals surface area contributed by atoms with Crippen LogP contribution in [0.4, 0.5) is 0 Å². The molecule has 0 radical (unpaired) electrons. The van der Waals surface area contributed by atoms with Crippen LogP contribution >= 0.6 is 11.8 Å². The lowest BCUT2D eigenvalue weighted by atomic mass is 10.1. The number of hydrogen-bond donors (Lipinski definition) is 1. The number of ether oxygens (including phenoxy) is 2. The van der Waals surface area contributed by atoms with Gasteiger partial charge in [-0.3, -0.25) is 0 Å². The number of hydrogen-bond acceptors (Lipinski definition) is 6. The van der Waals surface area contributed by atoms with E-state index in [1.165, 1.54) is 15.8 Å². The molecule has 2 N–H and O–H groups in total. The van der Waals surface area contributed by atoms with E-state index in [1.807, 2.05) is 36.4 Å². The molecule has 0 saturated carbocycles. The number of nitrogens with zero attached hydrogens (tertiary/aromatic N) is 3. The van der Waals surface area contributed by atoms with E-state index in [4.69, 9.17) is 15.3 Å². The third-order valence-electron chi connectivity index (χ3n) is 3.78. The minimum atomic E-state index is 0.251. The number of aryl methyl sites for hydroxylation is 1. The van der Waals surface area contributed by atoms with Crippen molar-refractivity contribution in [2.75, 3.05) is 13.0 Å². The molecular formula is C18H20N4O2S. The van der Waals surface area contributed by atoms with Crippen molar-refractivity contribution in [1.82, 2.24) is 14.9 Å². The van der Waals surface area contributed by atoms with E-state index in [9.17, 15) is 0 Å². The number of aromatic nitrogens is 3. The van der Waals surface area contributed by atoms with Crippen LogP contribution in [0, 0.1) is 6.92 Å². The van der Waals surface area contributed by atoms with E-state index in [-0.39, 0.29) is 6.61 Å². The molecule has 2 aromatic carbocycles. The van der Waals surface area contributed by atoms with E-state index in [0.29, 0.717) is 11.0 Å². The highest BCUT2D eigenvalue weighted by Gasteiger charge is 2.11. The first-order valence-corrected chi connectivity index (χ1v) is 8.79. The third kappa shape index (κ3) is 4.24. The van der Waals surface area contributed by atoms with Gasteiger partial charge in [0.25, 0.3) is 0 Å². The van der Waals surface area contributed by atoms with Crippen LogP contribution in [0.3, 0.4) is 0 Å². The van der Waals surface area contributed by atoms with Crippen molar-refractivity contribution in [1.29, 1.82) is 0 Å². The second kappa shape index (κ2) is 7.94. The number of nitrogens with two attached hydrogens (primary N) is 1. The molecule has 0 amide bonds. The Morgan fingerprint density at radius 3 is 2.48 bits per heavy atom. The molecule has 7 heteroatoms. The van der Waals surface area contributed by atoms with Gasteiger partial charge in [-0.15, -0.1) is 10.2 Å². The van der Waals surface area contributed by atoms with Crippen LogP contribution in [-0.2, 0) is 12.4 Å². The first kappa shape index (κ1) is 17.2. The Hall–Kier alpha value is -2.67. The zero-order valence-corrected chi connectivity index (χ0v) is 15.0. The van der Waals surface area contributed by atoms with Crippen LogP contribution in [0.25, 0.3) is 0 Å². The van der Waals surface area contributed by atoms with Gasteiger partial charge in [-0.05, 0) is 42.3 Å². The maximum atomic E-state index is 6.09. The number of rotatable bonds is 7. The van der Waals surface area contributed by atoms with Crippen molar-refractivity contribution < 1.29 is 9.47 Å². The Balaban J connectivity index is 1.59. The molecule has 0 fully saturated rings. The summed E-state index contributed by atoms with van der Waals surface area (Å²) >= 11 is 1.55. The fourth-order valence-electron chi connectivity index (χ4n) is 2.24. The van der Waals surface area contributed by atoms with Crippen LogP contribution < -0.4 is 15.3 Å². The van der Waals surface area contributed by atoms with E-state index < -0.39 is 0 Å². The molecule has 3 aromatic rings. The Morgan fingerprint density at radius 2 is 1.76 bits per heavy atom. The lowest BCUT2D eigenvalue weighted by Gasteiger charge is -2.07. The van der Waals surface area contributed by atoms with Crippen LogP contribution in [0.2, 0.25) is 0 Å². The Kier molecular flexibility index (Phi) is 5.45. The summed E-state index contributed by atoms with van der Waals surface area (Å²) in [5.74, 6) is 8.95. The second-order valence-electron chi connectivity index (χ2n) is 5.45. The van der Waals surface area contributed by atoms with Crippen molar-refractivity contribution in [2.24, 2.45) is 0 Å². The Bertz CT molecular complexity index is 833. The summed E-state index contributed by atoms with van der Waals surface area (Å²) in [5.41, 5.74) is 2.51. The molecule has 0 aliphatic heterocycles. The summed E-state index contributed by atoms with van der Waals surface area (Å²) in [7, 11) is 1.63. The molecule has 0 aliphatic carbocycles. The number of nitrogen functional groups attached to an aromatic ring is 1. The fraction of sp³-hybridized carbons (Fsp3) is 0.222. The zero-order chi connectivity index (χ0) is 17.6. The maximum absolute atomic E-state index is 6.09. The fourth-order valence-corrected chi connectivity index (χ4v) is 3.19. The molecule has 0 unspecified atom stereocenters. The summed E-state index contributed by atoms with van der Waals surface area (Å²) in [6.45, 7) is 2.35. The average Bonchev–Trinajstić information content (AvgIpc) is 2.99. The molecule has 3 rings (SSSR count). The SMILES string of the molecule is COc1ccc(OCc2nnc(SCc3ccccc3C)n2N)cc1. The molecule has 1 aromatic heterocycles. The summed E-state index contributed by atoms with van der Waals surface area (Å²) in [6.07, 6.45) is 0. The summed E-state index contributed by atoms with van der Waals surface area (Å²) in [6, 6.07) is 15.6. The van der Waals surface area contributed by atoms with Gasteiger partial charge < -0.3 is 15.3 Å². The molecule has 25 heavy (non-hydrogen) atoms. The first-order chi connectivity index (χ1) is 12.2. The predicted molar refractivity (Wildman–Crippen MR) is 98.2 cm³/mol. The lowest BCUT2D eigenvalue weighted by molar-refractivity contribution is 0.291. The van der Waals surface area contributed by atoms with Crippen molar-refractivity contribution >= 4 is 11.8 Å². The highest BCUT2D eigenvalue weighted by atomic mass is 32.2. The van der Waals surface area contributed by atoms with Crippen LogP contribution in [0.15, 0.2) is 53.7 Å². The minimum Gasteiger partial charge on any atom is -0.497 e. The standard InChI is InChI=1S/C18H20N4O2S/c1-13-5-3-4-6-14(13)12-25-18-21-20-17(22(18)19)11-24-16-9-7-15(23-2)8-10-16/h3-10H,11-12,19H2,1-2H3. The van der Waals surface area contributed by atoms with Crippen LogP contribution in [0.1, 0.15) is 17.0 Å². The quantitative estimate of drug-likeness (QED) is 0.518. The van der Waals surface area contributed by atoms with E-state index in [2.05, 4.69) is 29.3 Å². The highest BCUT2D eigenvalue weighted by Crippen LogP contribution is 2.23. The minimum absolute atomic E-state index is 0.251. The smallest absolute Gasteiger partial charge is 0.210 e. The number of benzene rings is 2. The monoisotopic (exact) mass is 356 g/mol. The summed E-state index contributed by atoms with van der Waals surface area (Å²) in [5, 5.41) is 8.93. The van der Waals surface area contributed by atoms with Crippen molar-refractivity contribution in [3.05, 3.63) is 65.5 Å². The second-order valence-corrected chi connectivity index (χ2v) is 6.39. The van der Waals surface area contributed by atoms with Gasteiger partial charge in [-0.2, -0.15) is 0 Å². The van der Waals surface area contributed by atoms with Gasteiger partial charge in [-0.1, -0.05) is 36.0 Å². The largest absolute Gasteiger partial charge is 0.497 e. The van der Waals surface area contributed by atoms with Gasteiger partial charge in [0.1, 0.15) is 18.1 Å².